The first-order valence-corrected chi connectivity index (χ1v) is 35.1. The number of likely N-dealkylation sites (N-methyl/N-ethyl adjacent to an activating group) is 1. The number of rotatable bonds is 21. The molecule has 4 amide bonds. The molecular weight excluding hydrogens is 1420 g/mol. The minimum Gasteiger partial charge on any atom is -0.493 e. The number of pyridine rings is 1. The number of nitrogens with zero attached hydrogens (tertiary/aromatic N) is 14. The molecule has 0 atom stereocenters. The van der Waals surface area contributed by atoms with Gasteiger partial charge in [0.1, 0.15) is 94.9 Å². The lowest BCUT2D eigenvalue weighted by Gasteiger charge is -2.29. The van der Waals surface area contributed by atoms with E-state index in [1.807, 2.05) is 93.9 Å². The number of hydrogen-bond acceptors (Lipinski definition) is 26. The number of aromatic nitrogens is 13. The van der Waals surface area contributed by atoms with Crippen molar-refractivity contribution in [2.45, 2.75) is 53.4 Å². The lowest BCUT2D eigenvalue weighted by atomic mass is 10.2. The normalized spacial score (nSPS) is 11.8. The number of nitrogens with one attached hydrogen (secondary N) is 12. The molecule has 0 unspecified atom stereocenters. The molecule has 12 N–H and O–H groups in total. The van der Waals surface area contributed by atoms with Crippen molar-refractivity contribution in [2.24, 2.45) is 0 Å². The number of carbonyl (C=O) groups is 4. The van der Waals surface area contributed by atoms with Crippen LogP contribution in [0.1, 0.15) is 53.4 Å². The average Bonchev–Trinajstić information content (AvgIpc) is 1.62. The molecule has 0 aliphatic carbocycles. The van der Waals surface area contributed by atoms with E-state index >= 15 is 0 Å². The van der Waals surface area contributed by atoms with Crippen molar-refractivity contribution in [1.82, 2.24) is 63.4 Å². The maximum Gasteiger partial charge on any atom is 0.224 e. The Balaban J connectivity index is 0.000000136. The van der Waals surface area contributed by atoms with Gasteiger partial charge in [-0.15, -0.1) is 0 Å². The van der Waals surface area contributed by atoms with Crippen molar-refractivity contribution in [3.63, 3.8) is 0 Å². The van der Waals surface area contributed by atoms with Gasteiger partial charge in [0.2, 0.25) is 23.6 Å². The van der Waals surface area contributed by atoms with Gasteiger partial charge in [-0.05, 0) is 36.4 Å². The van der Waals surface area contributed by atoms with Crippen molar-refractivity contribution in [3.05, 3.63) is 145 Å². The van der Waals surface area contributed by atoms with E-state index in [9.17, 15) is 23.6 Å². The first-order valence-electron chi connectivity index (χ1n) is 34.7. The molecule has 0 fully saturated rings. The third kappa shape index (κ3) is 16.8. The van der Waals surface area contributed by atoms with Crippen LogP contribution in [0.4, 0.5) is 102 Å². The second-order valence-corrected chi connectivity index (χ2v) is 24.4. The second-order valence-electron chi connectivity index (χ2n) is 24.0. The number of anilines is 17. The highest BCUT2D eigenvalue weighted by atomic mass is 35.5. The number of methoxy groups -OCH3 is 1. The van der Waals surface area contributed by atoms with E-state index in [0.717, 1.165) is 51.9 Å². The Labute approximate surface area is 628 Å². The SMILES string of the molecule is CCC(=O)Nc1cnn2c(NC)cc(Nc3cc(F)cc4c3OCCO4)nc12.CCC(=O)Nc1cnn2c(NC)cc(Nc3cccc(Cl)c3OC)nc12.CCC(=O)Nc1cnn2c(NC)cc(Nc3cccc4c3OCCN4C)nc12.CCC(=O)Nc1cnn2c(NC)cc(Nc3cccc4cccnc34)nc12. The van der Waals surface area contributed by atoms with Crippen molar-refractivity contribution in [3.8, 4) is 23.0 Å². The highest BCUT2D eigenvalue weighted by molar-refractivity contribution is 6.32. The summed E-state index contributed by atoms with van der Waals surface area (Å²) in [6, 6.07) is 31.0. The molecule has 0 bridgehead atoms. The molecule has 0 radical (unpaired) electrons. The average molecular weight is 1500 g/mol. The zero-order chi connectivity index (χ0) is 76.8. The van der Waals surface area contributed by atoms with Gasteiger partial charge in [-0.1, -0.05) is 69.6 Å². The first-order chi connectivity index (χ1) is 52.9. The summed E-state index contributed by atoms with van der Waals surface area (Å²) in [6.45, 7) is 9.36. The van der Waals surface area contributed by atoms with E-state index in [1.54, 1.807) is 110 Å². The van der Waals surface area contributed by atoms with Crippen molar-refractivity contribution in [2.75, 3.05) is 137 Å². The number of para-hydroxylation sites is 3. The van der Waals surface area contributed by atoms with Gasteiger partial charge in [-0.3, -0.25) is 24.2 Å². The summed E-state index contributed by atoms with van der Waals surface area (Å²) in [6.07, 6.45) is 9.53. The van der Waals surface area contributed by atoms with Gasteiger partial charge in [-0.25, -0.2) is 24.3 Å². The number of benzene rings is 4. The van der Waals surface area contributed by atoms with Crippen LogP contribution in [-0.2, 0) is 19.2 Å². The fraction of sp³-hybridized carbons (Fsp3) is 0.247. The number of carbonyl (C=O) groups excluding carboxylic acids is 4. The van der Waals surface area contributed by atoms with Crippen molar-refractivity contribution in [1.29, 1.82) is 0 Å². The monoisotopic (exact) mass is 1500 g/mol. The predicted octanol–water partition coefficient (Wildman–Crippen LogP) is 12.4. The van der Waals surface area contributed by atoms with Crippen LogP contribution in [0.2, 0.25) is 5.02 Å². The summed E-state index contributed by atoms with van der Waals surface area (Å²) >= 11 is 6.17. The number of ether oxygens (including phenoxy) is 4. The molecule has 564 valence electrons. The lowest BCUT2D eigenvalue weighted by molar-refractivity contribution is -0.116. The molecule has 109 heavy (non-hydrogen) atoms. The summed E-state index contributed by atoms with van der Waals surface area (Å²) in [5, 5.41) is 55.2. The van der Waals surface area contributed by atoms with E-state index < -0.39 is 5.82 Å². The van der Waals surface area contributed by atoms with Gasteiger partial charge < -0.3 is 87.6 Å². The number of fused-ring (bicyclic) bond motifs is 7. The Bertz CT molecular complexity index is 5510. The zero-order valence-electron chi connectivity index (χ0n) is 61.1. The first kappa shape index (κ1) is 75.0. The molecule has 34 nitrogen and oxygen atoms in total. The molecule has 36 heteroatoms. The topological polar surface area (TPSA) is 386 Å². The quantitative estimate of drug-likeness (QED) is 0.0318. The Hall–Kier alpha value is -13.7. The van der Waals surface area contributed by atoms with Crippen LogP contribution < -0.4 is 87.6 Å². The highest BCUT2D eigenvalue weighted by Crippen LogP contribution is 2.42. The van der Waals surface area contributed by atoms with Crippen molar-refractivity contribution >= 4 is 166 Å². The third-order valence-electron chi connectivity index (χ3n) is 16.8. The molecule has 2 aliphatic rings. The van der Waals surface area contributed by atoms with E-state index in [2.05, 4.69) is 114 Å². The van der Waals surface area contributed by atoms with Crippen LogP contribution in [0.15, 0.2) is 134 Å². The number of hydrogen-bond donors (Lipinski definition) is 12. The predicted molar refractivity (Wildman–Crippen MR) is 421 cm³/mol. The van der Waals surface area contributed by atoms with Gasteiger partial charge in [0.15, 0.2) is 45.6 Å². The van der Waals surface area contributed by atoms with Gasteiger partial charge in [0.05, 0.1) is 77.4 Å². The molecule has 9 aromatic heterocycles. The Morgan fingerprint density at radius 2 is 0.881 bits per heavy atom. The Kier molecular flexibility index (Phi) is 23.4. The van der Waals surface area contributed by atoms with Crippen LogP contribution in [0, 0.1) is 5.82 Å². The molecule has 4 aromatic carbocycles. The summed E-state index contributed by atoms with van der Waals surface area (Å²) in [5.74, 6) is 6.24. The molecule has 0 saturated heterocycles. The summed E-state index contributed by atoms with van der Waals surface area (Å²) in [5.41, 5.74) is 8.88. The smallest absolute Gasteiger partial charge is 0.224 e. The van der Waals surface area contributed by atoms with E-state index in [-0.39, 0.29) is 23.6 Å². The van der Waals surface area contributed by atoms with Gasteiger partial charge in [-0.2, -0.15) is 38.5 Å². The highest BCUT2D eigenvalue weighted by Gasteiger charge is 2.24. The summed E-state index contributed by atoms with van der Waals surface area (Å²) in [7, 11) is 10.7. The fourth-order valence-electron chi connectivity index (χ4n) is 11.4. The van der Waals surface area contributed by atoms with Crippen LogP contribution in [0.3, 0.4) is 0 Å². The zero-order valence-corrected chi connectivity index (χ0v) is 61.9. The molecule has 13 aromatic rings. The fourth-order valence-corrected chi connectivity index (χ4v) is 11.6. The maximum absolute atomic E-state index is 14.0. The number of amides is 4. The largest absolute Gasteiger partial charge is 0.493 e. The minimum absolute atomic E-state index is 0.0883. The Morgan fingerprint density at radius 3 is 1.35 bits per heavy atom. The molecule has 0 saturated carbocycles. The number of halogens is 2. The van der Waals surface area contributed by atoms with E-state index in [1.165, 1.54) is 18.3 Å². The van der Waals surface area contributed by atoms with Gasteiger partial charge in [0, 0.05) is 109 Å². The standard InChI is InChI=1S/C19H23N7O2.C19H19N7O.C18H19FN6O3.C17H19ClN6O2/c1-4-17(27)23-13-11-21-26-16(20-2)10-15(24-19(13)26)22-12-6-5-7-14-18(12)28-9-8-25(14)3;1-3-17(27)24-14-11-22-26-16(20-2)10-15(25-19(14)26)23-13-8-4-6-12-7-5-9-21-18(12)13;1-3-16(26)23-12-9-21-25-15(20-2)8-14(24-18(12)25)22-11-6-10(19)7-13-17(11)28-5-4-27-13;1-4-15(25)22-12-9-20-24-14(19-2)8-13(23-17(12)24)21-11-7-5-6-10(18)16(11)26-3/h5-7,10-11,20H,4,8-9H2,1-3H3,(H,22,24)(H,23,27);4-11,20H,3H2,1-2H3,(H,23,25)(H,24,27);6-9,20H,3-5H2,1-2H3,(H,22,24)(H,23,26);5-9,19H,4H2,1-3H3,(H,21,23)(H,22,25). The Morgan fingerprint density at radius 1 is 0.477 bits per heavy atom. The van der Waals surface area contributed by atoms with Gasteiger partial charge in [0.25, 0.3) is 0 Å². The second kappa shape index (κ2) is 34.0. The van der Waals surface area contributed by atoms with E-state index in [4.69, 9.17) is 30.5 Å². The van der Waals surface area contributed by atoms with Crippen molar-refractivity contribution < 1.29 is 42.5 Å². The van der Waals surface area contributed by atoms with Crippen LogP contribution >= 0.6 is 11.6 Å². The molecule has 15 rings (SSSR count). The summed E-state index contributed by atoms with van der Waals surface area (Å²) < 4.78 is 42.8. The van der Waals surface area contributed by atoms with Gasteiger partial charge >= 0.3 is 0 Å². The van der Waals surface area contributed by atoms with E-state index in [0.29, 0.717) is 159 Å². The molecular formula is C73H80ClFN26O8. The van der Waals surface area contributed by atoms with Crippen LogP contribution in [0.25, 0.3) is 33.5 Å². The molecule has 11 heterocycles. The molecule has 0 spiro atoms. The minimum atomic E-state index is -0.457. The summed E-state index contributed by atoms with van der Waals surface area (Å²) in [4.78, 5) is 72.1. The lowest BCUT2D eigenvalue weighted by Crippen LogP contribution is -2.29. The van der Waals surface area contributed by atoms with Crippen LogP contribution in [-0.4, -0.2) is 156 Å². The van der Waals surface area contributed by atoms with Crippen LogP contribution in [0.5, 0.6) is 23.0 Å². The third-order valence-corrected chi connectivity index (χ3v) is 17.1. The molecule has 2 aliphatic heterocycles. The maximum atomic E-state index is 14.0.